The molecule has 0 amide bonds. The lowest BCUT2D eigenvalue weighted by Gasteiger charge is -2.05. The van der Waals surface area contributed by atoms with Crippen LogP contribution in [0.2, 0.25) is 0 Å². The minimum absolute atomic E-state index is 0.123. The van der Waals surface area contributed by atoms with Crippen molar-refractivity contribution in [3.05, 3.63) is 35.7 Å². The van der Waals surface area contributed by atoms with Crippen molar-refractivity contribution in [3.8, 4) is 0 Å². The summed E-state index contributed by atoms with van der Waals surface area (Å²) in [5.41, 5.74) is 2.92. The summed E-state index contributed by atoms with van der Waals surface area (Å²) in [6.07, 6.45) is 1.93. The van der Waals surface area contributed by atoms with Gasteiger partial charge in [0.1, 0.15) is 0 Å². The van der Waals surface area contributed by atoms with Gasteiger partial charge in [-0.05, 0) is 26.8 Å². The highest BCUT2D eigenvalue weighted by Crippen LogP contribution is 2.11. The Hall–Kier alpha value is -1.31. The third-order valence-corrected chi connectivity index (χ3v) is 2.06. The molecule has 0 spiro atoms. The molecule has 0 aliphatic heterocycles. The van der Waals surface area contributed by atoms with Gasteiger partial charge in [-0.1, -0.05) is 12.2 Å². The van der Waals surface area contributed by atoms with Crippen LogP contribution in [-0.4, -0.2) is 10.4 Å². The number of Topliss-reactive ketones (excluding diaryl/α,β-unsaturated/α-hetero) is 1. The van der Waals surface area contributed by atoms with Gasteiger partial charge in [0.05, 0.1) is 0 Å². The molecule has 1 aromatic heterocycles. The SMILES string of the molecule is C=C(C)Cn1ccc(C(C)=O)c1C. The van der Waals surface area contributed by atoms with Gasteiger partial charge in [0.15, 0.2) is 5.78 Å². The lowest BCUT2D eigenvalue weighted by atomic mass is 10.2. The average molecular weight is 177 g/mol. The van der Waals surface area contributed by atoms with Crippen LogP contribution in [0.1, 0.15) is 29.9 Å². The van der Waals surface area contributed by atoms with E-state index in [1.54, 1.807) is 6.92 Å². The zero-order chi connectivity index (χ0) is 10.0. The predicted molar refractivity (Wildman–Crippen MR) is 54.0 cm³/mol. The van der Waals surface area contributed by atoms with E-state index in [1.165, 1.54) is 0 Å². The molecule has 0 aliphatic carbocycles. The van der Waals surface area contributed by atoms with Crippen molar-refractivity contribution >= 4 is 5.78 Å². The first kappa shape index (κ1) is 9.78. The Balaban J connectivity index is 2.99. The van der Waals surface area contributed by atoms with E-state index in [4.69, 9.17) is 0 Å². The number of allylic oxidation sites excluding steroid dienone is 1. The summed E-state index contributed by atoms with van der Waals surface area (Å²) in [7, 11) is 0. The minimum atomic E-state index is 0.123. The molecule has 0 saturated heterocycles. The Labute approximate surface area is 78.9 Å². The topological polar surface area (TPSA) is 22.0 Å². The maximum atomic E-state index is 11.1. The molecule has 0 unspecified atom stereocenters. The number of ketones is 1. The molecular formula is C11H15NO. The molecule has 0 bridgehead atoms. The van der Waals surface area contributed by atoms with E-state index in [-0.39, 0.29) is 5.78 Å². The Morgan fingerprint density at radius 1 is 1.54 bits per heavy atom. The standard InChI is InChI=1S/C11H15NO/c1-8(2)7-12-6-5-11(9(12)3)10(4)13/h5-6H,1,7H2,2-4H3. The van der Waals surface area contributed by atoms with E-state index < -0.39 is 0 Å². The molecule has 1 heterocycles. The second kappa shape index (κ2) is 3.60. The van der Waals surface area contributed by atoms with Crippen molar-refractivity contribution in [1.29, 1.82) is 0 Å². The summed E-state index contributed by atoms with van der Waals surface area (Å²) in [5.74, 6) is 0.123. The smallest absolute Gasteiger partial charge is 0.161 e. The lowest BCUT2D eigenvalue weighted by Crippen LogP contribution is -2.01. The van der Waals surface area contributed by atoms with Gasteiger partial charge < -0.3 is 4.57 Å². The zero-order valence-electron chi connectivity index (χ0n) is 8.42. The fraction of sp³-hybridized carbons (Fsp3) is 0.364. The van der Waals surface area contributed by atoms with Crippen LogP contribution in [0.15, 0.2) is 24.4 Å². The molecule has 0 N–H and O–H groups in total. The van der Waals surface area contributed by atoms with E-state index in [0.717, 1.165) is 23.4 Å². The summed E-state index contributed by atoms with van der Waals surface area (Å²) in [4.78, 5) is 11.1. The first-order valence-corrected chi connectivity index (χ1v) is 4.33. The molecule has 2 heteroatoms. The molecule has 0 atom stereocenters. The third-order valence-electron chi connectivity index (χ3n) is 2.06. The van der Waals surface area contributed by atoms with Crippen LogP contribution in [0.4, 0.5) is 0 Å². The molecule has 70 valence electrons. The number of nitrogens with zero attached hydrogens (tertiary/aromatic N) is 1. The van der Waals surface area contributed by atoms with Crippen molar-refractivity contribution in [2.24, 2.45) is 0 Å². The third kappa shape index (κ3) is 2.08. The Bertz CT molecular complexity index is 347. The molecule has 0 fully saturated rings. The molecule has 0 radical (unpaired) electrons. The maximum Gasteiger partial charge on any atom is 0.161 e. The maximum absolute atomic E-state index is 11.1. The fourth-order valence-corrected chi connectivity index (χ4v) is 1.39. The molecule has 1 rings (SSSR count). The number of carbonyl (C=O) groups excluding carboxylic acids is 1. The summed E-state index contributed by atoms with van der Waals surface area (Å²) < 4.78 is 2.04. The highest BCUT2D eigenvalue weighted by atomic mass is 16.1. The van der Waals surface area contributed by atoms with Crippen LogP contribution in [0, 0.1) is 6.92 Å². The molecule has 0 aromatic carbocycles. The van der Waals surface area contributed by atoms with Gasteiger partial charge >= 0.3 is 0 Å². The predicted octanol–water partition coefficient (Wildman–Crippen LogP) is 2.58. The van der Waals surface area contributed by atoms with Crippen molar-refractivity contribution in [2.75, 3.05) is 0 Å². The van der Waals surface area contributed by atoms with Crippen LogP contribution < -0.4 is 0 Å². The van der Waals surface area contributed by atoms with E-state index in [0.29, 0.717) is 0 Å². The average Bonchev–Trinajstić information content (AvgIpc) is 2.32. The van der Waals surface area contributed by atoms with Gasteiger partial charge in [-0.3, -0.25) is 4.79 Å². The zero-order valence-corrected chi connectivity index (χ0v) is 8.42. The highest BCUT2D eigenvalue weighted by molar-refractivity contribution is 5.95. The normalized spacial score (nSPS) is 10.1. The number of hydrogen-bond acceptors (Lipinski definition) is 1. The highest BCUT2D eigenvalue weighted by Gasteiger charge is 2.07. The fourth-order valence-electron chi connectivity index (χ4n) is 1.39. The number of hydrogen-bond donors (Lipinski definition) is 0. The summed E-state index contributed by atoms with van der Waals surface area (Å²) in [6.45, 7) is 10.2. The van der Waals surface area contributed by atoms with Crippen molar-refractivity contribution in [1.82, 2.24) is 4.57 Å². The van der Waals surface area contributed by atoms with E-state index >= 15 is 0 Å². The summed E-state index contributed by atoms with van der Waals surface area (Å²) in [5, 5.41) is 0. The second-order valence-corrected chi connectivity index (χ2v) is 3.46. The molecule has 0 aliphatic rings. The monoisotopic (exact) mass is 177 g/mol. The molecular weight excluding hydrogens is 162 g/mol. The van der Waals surface area contributed by atoms with Gasteiger partial charge in [0, 0.05) is 24.0 Å². The van der Waals surface area contributed by atoms with Crippen LogP contribution in [0.3, 0.4) is 0 Å². The minimum Gasteiger partial charge on any atom is -0.347 e. The Morgan fingerprint density at radius 3 is 2.54 bits per heavy atom. The summed E-state index contributed by atoms with van der Waals surface area (Å²) >= 11 is 0. The van der Waals surface area contributed by atoms with Gasteiger partial charge in [-0.15, -0.1) is 0 Å². The molecule has 2 nitrogen and oxygen atoms in total. The Kier molecular flexibility index (Phi) is 2.71. The number of carbonyl (C=O) groups is 1. The Morgan fingerprint density at radius 2 is 2.15 bits per heavy atom. The van der Waals surface area contributed by atoms with Crippen LogP contribution in [0.25, 0.3) is 0 Å². The van der Waals surface area contributed by atoms with E-state index in [1.807, 2.05) is 30.7 Å². The number of rotatable bonds is 3. The first-order chi connectivity index (χ1) is 6.02. The van der Waals surface area contributed by atoms with Crippen molar-refractivity contribution in [3.63, 3.8) is 0 Å². The van der Waals surface area contributed by atoms with Gasteiger partial charge in [-0.2, -0.15) is 0 Å². The lowest BCUT2D eigenvalue weighted by molar-refractivity contribution is 0.101. The quantitative estimate of drug-likeness (QED) is 0.513. The van der Waals surface area contributed by atoms with E-state index in [2.05, 4.69) is 6.58 Å². The first-order valence-electron chi connectivity index (χ1n) is 4.33. The van der Waals surface area contributed by atoms with E-state index in [9.17, 15) is 4.79 Å². The molecule has 0 saturated carbocycles. The van der Waals surface area contributed by atoms with Crippen LogP contribution in [-0.2, 0) is 6.54 Å². The molecule has 1 aromatic rings. The van der Waals surface area contributed by atoms with Gasteiger partial charge in [0.25, 0.3) is 0 Å². The molecule has 13 heavy (non-hydrogen) atoms. The number of aromatic nitrogens is 1. The van der Waals surface area contributed by atoms with Crippen LogP contribution >= 0.6 is 0 Å². The van der Waals surface area contributed by atoms with Crippen LogP contribution in [0.5, 0.6) is 0 Å². The van der Waals surface area contributed by atoms with Crippen molar-refractivity contribution < 1.29 is 4.79 Å². The summed E-state index contributed by atoms with van der Waals surface area (Å²) in [6, 6.07) is 1.86. The second-order valence-electron chi connectivity index (χ2n) is 3.46. The largest absolute Gasteiger partial charge is 0.347 e. The van der Waals surface area contributed by atoms with Gasteiger partial charge in [-0.25, -0.2) is 0 Å². The van der Waals surface area contributed by atoms with Crippen molar-refractivity contribution in [2.45, 2.75) is 27.3 Å². The van der Waals surface area contributed by atoms with Gasteiger partial charge in [0.2, 0.25) is 0 Å².